The first-order chi connectivity index (χ1) is 33.4. The smallest absolute Gasteiger partial charge is 0.209 e. The van der Waals surface area contributed by atoms with Crippen LogP contribution in [0.2, 0.25) is 0 Å². The number of hydrogen-bond donors (Lipinski definition) is 7. The standard InChI is InChI=1S/C59H64O13/c1-28(2)42-47(64)39(31(6)60)50(67)58(71)52(69)44-46(63)38-30(5)20-21-33(35(38)24-54(44,8)26-56(42,58)10)18-16-14-12-13-15-17-19-34-22-23-37(62)41-36(34)25-55(9)27-57(11)43(29(3)4)48(65)40(32(7)61)51(68)59(57,72)53(70)45(55)49(41)66/h20-23,28-29,42-43,62,64-65,69-72H,12-15,24-27H2,1-11H3/t42?,43?,54-,55-,56-,57-,58+,59+/m1/s1. The van der Waals surface area contributed by atoms with Gasteiger partial charge >= 0.3 is 0 Å². The molecule has 0 spiro atoms. The fourth-order valence-electron chi connectivity index (χ4n) is 14.6. The molecule has 8 rings (SSSR count). The molecule has 7 N–H and O–H groups in total. The summed E-state index contributed by atoms with van der Waals surface area (Å²) in [5.74, 6) is 2.24. The number of aliphatic hydroxyl groups excluding tert-OH is 4. The van der Waals surface area contributed by atoms with Gasteiger partial charge in [0.05, 0.1) is 5.56 Å². The molecule has 0 saturated heterocycles. The second-order valence-corrected chi connectivity index (χ2v) is 23.0. The van der Waals surface area contributed by atoms with E-state index in [1.807, 2.05) is 13.0 Å². The SMILES string of the molecule is CC(=O)C1=C(O)C(C(C)C)[C@@]2(C)C[C@@]3(C)Cc4c(C#CCCCCC#Cc5ccc(O)c6c5C[C@]5(C)C[C@]7(C)C(C(C)C)C(O)=C(C(C)=O)C(=O)[C@]7(O)C(O)=C5C6=O)ccc(C)c4C(=O)C3=C(O)[C@@]2(O)C1=O. The van der Waals surface area contributed by atoms with Gasteiger partial charge in [-0.1, -0.05) is 85.1 Å². The third-order valence-corrected chi connectivity index (χ3v) is 17.3. The van der Waals surface area contributed by atoms with Gasteiger partial charge in [0.15, 0.2) is 34.3 Å². The van der Waals surface area contributed by atoms with E-state index in [-0.39, 0.29) is 54.1 Å². The van der Waals surface area contributed by atoms with Crippen LogP contribution >= 0.6 is 0 Å². The van der Waals surface area contributed by atoms with Gasteiger partial charge < -0.3 is 35.7 Å². The number of rotatable bonds is 7. The van der Waals surface area contributed by atoms with Crippen molar-refractivity contribution in [2.24, 2.45) is 45.3 Å². The number of Topliss-reactive ketones (excluding diaryl/α,β-unsaturated/α-hetero) is 6. The summed E-state index contributed by atoms with van der Waals surface area (Å²) in [6.07, 6.45) is 2.61. The molecule has 0 aliphatic heterocycles. The highest BCUT2D eigenvalue weighted by molar-refractivity contribution is 6.26. The van der Waals surface area contributed by atoms with Gasteiger partial charge in [0, 0.05) is 74.2 Å². The van der Waals surface area contributed by atoms with Crippen LogP contribution in [0, 0.1) is 75.9 Å². The number of benzene rings is 2. The highest BCUT2D eigenvalue weighted by Gasteiger charge is 2.73. The van der Waals surface area contributed by atoms with Gasteiger partial charge in [0.1, 0.15) is 39.9 Å². The van der Waals surface area contributed by atoms with Crippen LogP contribution in [-0.4, -0.2) is 81.6 Å². The molecule has 13 nitrogen and oxygen atoms in total. The summed E-state index contributed by atoms with van der Waals surface area (Å²) in [4.78, 5) is 82.5. The van der Waals surface area contributed by atoms with Crippen LogP contribution in [0.1, 0.15) is 156 Å². The zero-order valence-electron chi connectivity index (χ0n) is 42.9. The molecule has 0 fully saturated rings. The summed E-state index contributed by atoms with van der Waals surface area (Å²) in [7, 11) is 0. The Morgan fingerprint density at radius 3 is 1.38 bits per heavy atom. The maximum atomic E-state index is 14.6. The van der Waals surface area contributed by atoms with Crippen molar-refractivity contribution in [2.45, 2.75) is 139 Å². The minimum absolute atomic E-state index is 0.0328. The van der Waals surface area contributed by atoms with E-state index in [4.69, 9.17) is 0 Å². The van der Waals surface area contributed by atoms with Crippen LogP contribution in [-0.2, 0) is 32.0 Å². The molecule has 0 amide bonds. The second kappa shape index (κ2) is 17.0. The Morgan fingerprint density at radius 2 is 0.986 bits per heavy atom. The number of aromatic hydroxyl groups is 1. The molecule has 378 valence electrons. The summed E-state index contributed by atoms with van der Waals surface area (Å²) >= 11 is 0. The lowest BCUT2D eigenvalue weighted by Crippen LogP contribution is -2.67. The largest absolute Gasteiger partial charge is 0.511 e. The van der Waals surface area contributed by atoms with E-state index in [1.54, 1.807) is 67.5 Å². The van der Waals surface area contributed by atoms with Crippen molar-refractivity contribution in [1.29, 1.82) is 0 Å². The Labute approximate surface area is 419 Å². The van der Waals surface area contributed by atoms with E-state index < -0.39 is 119 Å². The molecule has 0 radical (unpaired) electrons. The van der Waals surface area contributed by atoms with Crippen LogP contribution in [0.25, 0.3) is 0 Å². The molecule has 0 heterocycles. The number of carbonyl (C=O) groups is 6. The quantitative estimate of drug-likeness (QED) is 0.0782. The molecule has 0 aromatic heterocycles. The summed E-state index contributed by atoms with van der Waals surface area (Å²) in [6, 6.07) is 6.58. The summed E-state index contributed by atoms with van der Waals surface area (Å²) in [5, 5.41) is 82.7. The summed E-state index contributed by atoms with van der Waals surface area (Å²) in [5.41, 5.74) is -9.02. The number of fused-ring (bicyclic) bond motifs is 6. The number of aliphatic hydroxyl groups is 6. The highest BCUT2D eigenvalue weighted by Crippen LogP contribution is 2.67. The van der Waals surface area contributed by atoms with Gasteiger partial charge in [-0.2, -0.15) is 0 Å². The van der Waals surface area contributed by atoms with Gasteiger partial charge in [-0.15, -0.1) is 0 Å². The van der Waals surface area contributed by atoms with Gasteiger partial charge in [-0.25, -0.2) is 0 Å². The molecule has 72 heavy (non-hydrogen) atoms. The average molecular weight is 981 g/mol. The Kier molecular flexibility index (Phi) is 12.3. The summed E-state index contributed by atoms with van der Waals surface area (Å²) in [6.45, 7) is 17.9. The second-order valence-electron chi connectivity index (χ2n) is 23.0. The Bertz CT molecular complexity index is 2940. The molecule has 8 atom stereocenters. The Balaban J connectivity index is 1.02. The maximum Gasteiger partial charge on any atom is 0.209 e. The lowest BCUT2D eigenvalue weighted by Gasteiger charge is -2.59. The zero-order valence-corrected chi connectivity index (χ0v) is 42.9. The van der Waals surface area contributed by atoms with E-state index in [0.717, 1.165) is 13.8 Å². The fourth-order valence-corrected chi connectivity index (χ4v) is 14.6. The average Bonchev–Trinajstić information content (AvgIpc) is 3.25. The predicted molar refractivity (Wildman–Crippen MR) is 266 cm³/mol. The number of carbonyl (C=O) groups excluding carboxylic acids is 6. The molecule has 0 bridgehead atoms. The van der Waals surface area contributed by atoms with Gasteiger partial charge in [-0.3, -0.25) is 28.8 Å². The number of hydrogen-bond acceptors (Lipinski definition) is 13. The number of phenols is 1. The van der Waals surface area contributed by atoms with E-state index >= 15 is 0 Å². The molecule has 13 heteroatoms. The van der Waals surface area contributed by atoms with E-state index in [0.29, 0.717) is 59.1 Å². The van der Waals surface area contributed by atoms with Crippen molar-refractivity contribution in [3.05, 3.63) is 109 Å². The molecule has 2 unspecified atom stereocenters. The number of aryl methyl sites for hydroxylation is 1. The predicted octanol–water partition coefficient (Wildman–Crippen LogP) is 8.57. The van der Waals surface area contributed by atoms with Crippen molar-refractivity contribution < 1.29 is 64.5 Å². The van der Waals surface area contributed by atoms with Gasteiger partial charge in [0.25, 0.3) is 0 Å². The molecule has 2 aromatic rings. The van der Waals surface area contributed by atoms with E-state index in [2.05, 4.69) is 23.7 Å². The number of ketones is 6. The zero-order chi connectivity index (χ0) is 53.3. The number of unbranched alkanes of at least 4 members (excludes halogenated alkanes) is 3. The maximum absolute atomic E-state index is 14.6. The molecule has 0 saturated carbocycles. The molecular weight excluding hydrogens is 917 g/mol. The van der Waals surface area contributed by atoms with Crippen molar-refractivity contribution in [3.8, 4) is 29.4 Å². The van der Waals surface area contributed by atoms with Crippen LogP contribution < -0.4 is 0 Å². The summed E-state index contributed by atoms with van der Waals surface area (Å²) < 4.78 is 0. The third kappa shape index (κ3) is 6.82. The minimum atomic E-state index is -2.70. The van der Waals surface area contributed by atoms with Crippen molar-refractivity contribution >= 4 is 34.7 Å². The number of phenolic OH excluding ortho intramolecular Hbond substituents is 1. The molecule has 2 aromatic carbocycles. The fraction of sp³-hybridized carbons (Fsp3) is 0.492. The van der Waals surface area contributed by atoms with Gasteiger partial charge in [-0.05, 0) is 106 Å². The van der Waals surface area contributed by atoms with Crippen LogP contribution in [0.4, 0.5) is 0 Å². The molecule has 6 aliphatic carbocycles. The number of allylic oxidation sites excluding steroid dienone is 4. The Hall–Kier alpha value is -6.54. The van der Waals surface area contributed by atoms with Crippen molar-refractivity contribution in [3.63, 3.8) is 0 Å². The first kappa shape index (κ1) is 51.8. The van der Waals surface area contributed by atoms with E-state index in [9.17, 15) is 64.5 Å². The normalized spacial score (nSPS) is 31.8. The topological polar surface area (TPSA) is 244 Å². The first-order valence-electron chi connectivity index (χ1n) is 24.8. The minimum Gasteiger partial charge on any atom is -0.511 e. The monoisotopic (exact) mass is 980 g/mol. The lowest BCUT2D eigenvalue weighted by atomic mass is 9.44. The first-order valence-corrected chi connectivity index (χ1v) is 24.8. The molecule has 6 aliphatic rings. The third-order valence-electron chi connectivity index (χ3n) is 17.3. The highest BCUT2D eigenvalue weighted by atomic mass is 16.4. The Morgan fingerprint density at radius 1 is 0.611 bits per heavy atom. The van der Waals surface area contributed by atoms with Crippen LogP contribution in [0.15, 0.2) is 69.6 Å². The van der Waals surface area contributed by atoms with Crippen LogP contribution in [0.3, 0.4) is 0 Å². The van der Waals surface area contributed by atoms with E-state index in [1.165, 1.54) is 6.07 Å². The molecular formula is C59H64O13. The lowest BCUT2D eigenvalue weighted by molar-refractivity contribution is -0.172. The van der Waals surface area contributed by atoms with Crippen LogP contribution in [0.5, 0.6) is 5.75 Å². The van der Waals surface area contributed by atoms with Crippen molar-refractivity contribution in [2.75, 3.05) is 0 Å². The van der Waals surface area contributed by atoms with Gasteiger partial charge in [0.2, 0.25) is 11.6 Å². The van der Waals surface area contributed by atoms with Crippen molar-refractivity contribution in [1.82, 2.24) is 0 Å².